The molecule has 3 nitrogen and oxygen atoms in total. The van der Waals surface area contributed by atoms with E-state index in [1.807, 2.05) is 12.1 Å². The van der Waals surface area contributed by atoms with E-state index in [0.717, 1.165) is 10.5 Å². The van der Waals surface area contributed by atoms with Crippen molar-refractivity contribution < 1.29 is 22.6 Å². The average molecular weight is 337 g/mol. The molecule has 0 saturated heterocycles. The number of nitrogens with two attached hydrogens (primary N) is 1. The lowest BCUT2D eigenvalue weighted by molar-refractivity contribution is -0.135. The Kier molecular flexibility index (Phi) is 7.89. The first-order valence-corrected chi connectivity index (χ1v) is 8.04. The van der Waals surface area contributed by atoms with E-state index in [0.29, 0.717) is 36.6 Å². The minimum Gasteiger partial charge on any atom is -0.495 e. The zero-order valence-electron chi connectivity index (χ0n) is 12.8. The Labute approximate surface area is 133 Å². The molecular weight excluding hydrogens is 315 g/mol. The number of ether oxygens (including phenoxy) is 2. The number of alkyl halides is 3. The van der Waals surface area contributed by atoms with Crippen molar-refractivity contribution in [3.63, 3.8) is 0 Å². The van der Waals surface area contributed by atoms with E-state index in [-0.39, 0.29) is 6.42 Å². The smallest absolute Gasteiger partial charge is 0.389 e. The molecule has 0 atom stereocenters. The molecule has 0 unspecified atom stereocenters. The molecule has 0 heterocycles. The number of rotatable bonds is 9. The molecule has 0 spiro atoms. The highest BCUT2D eigenvalue weighted by Gasteiger charge is 2.25. The van der Waals surface area contributed by atoms with Gasteiger partial charge in [0.2, 0.25) is 0 Å². The van der Waals surface area contributed by atoms with Crippen molar-refractivity contribution in [2.75, 3.05) is 26.5 Å². The second kappa shape index (κ2) is 9.15. The zero-order valence-corrected chi connectivity index (χ0v) is 13.6. The molecule has 22 heavy (non-hydrogen) atoms. The van der Waals surface area contributed by atoms with Crippen LogP contribution in [0.4, 0.5) is 13.2 Å². The molecule has 0 aliphatic carbocycles. The van der Waals surface area contributed by atoms with Crippen LogP contribution in [0.3, 0.4) is 0 Å². The van der Waals surface area contributed by atoms with Crippen molar-refractivity contribution in [1.29, 1.82) is 0 Å². The van der Waals surface area contributed by atoms with Crippen molar-refractivity contribution in [3.8, 4) is 11.5 Å². The topological polar surface area (TPSA) is 44.5 Å². The van der Waals surface area contributed by atoms with Gasteiger partial charge in [-0.25, -0.2) is 0 Å². The fourth-order valence-corrected chi connectivity index (χ4v) is 3.11. The van der Waals surface area contributed by atoms with Crippen LogP contribution in [0.1, 0.15) is 24.8 Å². The molecule has 1 rings (SSSR count). The molecule has 0 amide bonds. The molecule has 0 aliphatic heterocycles. The second-order valence-electron chi connectivity index (χ2n) is 4.79. The van der Waals surface area contributed by atoms with Gasteiger partial charge < -0.3 is 15.2 Å². The monoisotopic (exact) mass is 337 g/mol. The lowest BCUT2D eigenvalue weighted by atomic mass is 10.1. The van der Waals surface area contributed by atoms with Gasteiger partial charge in [-0.15, -0.1) is 11.8 Å². The molecular formula is C15H22F3NO2S. The largest absolute Gasteiger partial charge is 0.495 e. The van der Waals surface area contributed by atoms with Gasteiger partial charge in [0, 0.05) is 6.42 Å². The van der Waals surface area contributed by atoms with Crippen LogP contribution >= 0.6 is 11.8 Å². The number of benzene rings is 1. The van der Waals surface area contributed by atoms with Crippen molar-refractivity contribution >= 4 is 11.8 Å². The highest BCUT2D eigenvalue weighted by atomic mass is 32.2. The third-order valence-corrected chi connectivity index (χ3v) is 4.24. The molecule has 0 radical (unpaired) electrons. The summed E-state index contributed by atoms with van der Waals surface area (Å²) in [4.78, 5) is 0.817. The molecule has 126 valence electrons. The van der Waals surface area contributed by atoms with Crippen LogP contribution < -0.4 is 15.2 Å². The molecule has 1 aromatic carbocycles. The SMILES string of the molecule is COc1cc(CCN)cc(OC)c1SCCCCC(F)(F)F. The van der Waals surface area contributed by atoms with Crippen LogP contribution in [-0.4, -0.2) is 32.7 Å². The summed E-state index contributed by atoms with van der Waals surface area (Å²) in [5.74, 6) is 1.92. The zero-order chi connectivity index (χ0) is 16.6. The number of thioether (sulfide) groups is 1. The molecule has 1 aromatic rings. The third kappa shape index (κ3) is 6.36. The standard InChI is InChI=1S/C15H22F3NO2S/c1-20-12-9-11(5-7-19)10-13(21-2)14(12)22-8-4-3-6-15(16,17)18/h9-10H,3-8,19H2,1-2H3. The molecule has 0 saturated carbocycles. The Morgan fingerprint density at radius 2 is 1.68 bits per heavy atom. The van der Waals surface area contributed by atoms with Crippen LogP contribution in [0.15, 0.2) is 17.0 Å². The van der Waals surface area contributed by atoms with Crippen LogP contribution in [0.25, 0.3) is 0 Å². The molecule has 2 N–H and O–H groups in total. The van der Waals surface area contributed by atoms with Gasteiger partial charge in [-0.3, -0.25) is 0 Å². The van der Waals surface area contributed by atoms with E-state index >= 15 is 0 Å². The van der Waals surface area contributed by atoms with E-state index in [2.05, 4.69) is 0 Å². The predicted octanol–water partition coefficient (Wildman–Crippen LogP) is 4.03. The second-order valence-corrected chi connectivity index (χ2v) is 5.89. The van der Waals surface area contributed by atoms with E-state index < -0.39 is 12.6 Å². The van der Waals surface area contributed by atoms with Crippen LogP contribution in [0, 0.1) is 0 Å². The Morgan fingerprint density at radius 1 is 1.09 bits per heavy atom. The Hall–Kier alpha value is -1.08. The highest BCUT2D eigenvalue weighted by Crippen LogP contribution is 2.39. The van der Waals surface area contributed by atoms with Gasteiger partial charge in [-0.1, -0.05) is 0 Å². The van der Waals surface area contributed by atoms with Gasteiger partial charge in [0.05, 0.1) is 19.1 Å². The number of methoxy groups -OCH3 is 2. The van der Waals surface area contributed by atoms with Gasteiger partial charge in [0.1, 0.15) is 11.5 Å². The van der Waals surface area contributed by atoms with Crippen molar-refractivity contribution in [1.82, 2.24) is 0 Å². The van der Waals surface area contributed by atoms with Gasteiger partial charge in [0.15, 0.2) is 0 Å². The van der Waals surface area contributed by atoms with E-state index in [1.165, 1.54) is 11.8 Å². The molecule has 7 heteroatoms. The summed E-state index contributed by atoms with van der Waals surface area (Å²) >= 11 is 1.45. The van der Waals surface area contributed by atoms with Gasteiger partial charge in [-0.05, 0) is 49.3 Å². The third-order valence-electron chi connectivity index (χ3n) is 3.05. The van der Waals surface area contributed by atoms with Gasteiger partial charge in [-0.2, -0.15) is 13.2 Å². The molecule has 0 aromatic heterocycles. The first-order valence-electron chi connectivity index (χ1n) is 7.05. The predicted molar refractivity (Wildman–Crippen MR) is 82.9 cm³/mol. The van der Waals surface area contributed by atoms with E-state index in [9.17, 15) is 13.2 Å². The summed E-state index contributed by atoms with van der Waals surface area (Å²) in [6.45, 7) is 0.524. The summed E-state index contributed by atoms with van der Waals surface area (Å²) in [5, 5.41) is 0. The number of hydrogen-bond donors (Lipinski definition) is 1. The summed E-state index contributed by atoms with van der Waals surface area (Å²) in [6.07, 6.45) is -3.49. The number of halogens is 3. The minimum absolute atomic E-state index is 0.131. The maximum Gasteiger partial charge on any atom is 0.389 e. The van der Waals surface area contributed by atoms with Crippen LogP contribution in [0.2, 0.25) is 0 Å². The van der Waals surface area contributed by atoms with E-state index in [4.69, 9.17) is 15.2 Å². The number of unbranched alkanes of at least 4 members (excludes halogenated alkanes) is 1. The molecule has 0 fully saturated rings. The van der Waals surface area contributed by atoms with Crippen molar-refractivity contribution in [2.24, 2.45) is 5.73 Å². The number of hydrogen-bond acceptors (Lipinski definition) is 4. The minimum atomic E-state index is -4.08. The molecule has 0 aliphatic rings. The summed E-state index contributed by atoms with van der Waals surface area (Å²) in [6, 6.07) is 3.79. The lowest BCUT2D eigenvalue weighted by Gasteiger charge is -2.15. The van der Waals surface area contributed by atoms with Crippen molar-refractivity contribution in [3.05, 3.63) is 17.7 Å². The van der Waals surface area contributed by atoms with Gasteiger partial charge in [0.25, 0.3) is 0 Å². The fraction of sp³-hybridized carbons (Fsp3) is 0.600. The van der Waals surface area contributed by atoms with Gasteiger partial charge >= 0.3 is 6.18 Å². The maximum atomic E-state index is 12.1. The summed E-state index contributed by atoms with van der Waals surface area (Å²) in [7, 11) is 3.13. The highest BCUT2D eigenvalue weighted by molar-refractivity contribution is 7.99. The maximum absolute atomic E-state index is 12.1. The Balaban J connectivity index is 2.68. The summed E-state index contributed by atoms with van der Waals surface area (Å²) in [5.41, 5.74) is 6.56. The van der Waals surface area contributed by atoms with E-state index in [1.54, 1.807) is 14.2 Å². The summed E-state index contributed by atoms with van der Waals surface area (Å²) < 4.78 is 47.0. The van der Waals surface area contributed by atoms with Crippen LogP contribution in [0.5, 0.6) is 11.5 Å². The first-order chi connectivity index (χ1) is 10.4. The quantitative estimate of drug-likeness (QED) is 0.546. The average Bonchev–Trinajstić information content (AvgIpc) is 2.46. The van der Waals surface area contributed by atoms with Crippen molar-refractivity contribution in [2.45, 2.75) is 36.8 Å². The first kappa shape index (κ1) is 19.0. The Bertz CT molecular complexity index is 442. The lowest BCUT2D eigenvalue weighted by Crippen LogP contribution is -2.06. The Morgan fingerprint density at radius 3 is 2.14 bits per heavy atom. The van der Waals surface area contributed by atoms with Crippen LogP contribution in [-0.2, 0) is 6.42 Å². The normalized spacial score (nSPS) is 11.5. The molecule has 0 bridgehead atoms. The fourth-order valence-electron chi connectivity index (χ4n) is 1.99.